The first-order valence-electron chi connectivity index (χ1n) is 6.98. The molecule has 0 bridgehead atoms. The van der Waals surface area contributed by atoms with Gasteiger partial charge < -0.3 is 9.84 Å². The van der Waals surface area contributed by atoms with Gasteiger partial charge in [-0.05, 0) is 37.9 Å². The standard InChI is InChI=1S/C15H16F2N2O2/c16-12-2-1-3-13(17)11(12)7-10-6-9(4-5-18-10)14-8-15(20)19-21-14/h1-3,8-10,18H,4-7H2,(H,19,20)/t9-,10+/m1/s1. The first-order valence-corrected chi connectivity index (χ1v) is 6.98. The van der Waals surface area contributed by atoms with Crippen molar-refractivity contribution in [3.8, 4) is 0 Å². The fourth-order valence-electron chi connectivity index (χ4n) is 2.89. The van der Waals surface area contributed by atoms with Crippen LogP contribution in [0.5, 0.6) is 0 Å². The molecule has 2 heterocycles. The minimum Gasteiger partial charge on any atom is -0.383 e. The summed E-state index contributed by atoms with van der Waals surface area (Å²) in [4.78, 5) is 11.1. The summed E-state index contributed by atoms with van der Waals surface area (Å²) in [5.74, 6) is -0.343. The van der Waals surface area contributed by atoms with Crippen molar-refractivity contribution in [1.82, 2.24) is 10.5 Å². The molecule has 2 atom stereocenters. The summed E-state index contributed by atoms with van der Waals surface area (Å²) in [5.41, 5.74) is -0.161. The maximum absolute atomic E-state index is 13.7. The van der Waals surface area contributed by atoms with Crippen LogP contribution in [0.25, 0.3) is 0 Å². The molecule has 0 radical (unpaired) electrons. The number of rotatable bonds is 3. The highest BCUT2D eigenvalue weighted by atomic mass is 19.1. The average Bonchev–Trinajstić information content (AvgIpc) is 2.90. The van der Waals surface area contributed by atoms with Crippen LogP contribution in [-0.2, 0) is 6.42 Å². The molecule has 1 aromatic heterocycles. The molecule has 0 aliphatic carbocycles. The monoisotopic (exact) mass is 294 g/mol. The third-order valence-electron chi connectivity index (χ3n) is 3.95. The largest absolute Gasteiger partial charge is 0.383 e. The van der Waals surface area contributed by atoms with Crippen molar-refractivity contribution in [2.45, 2.75) is 31.2 Å². The van der Waals surface area contributed by atoms with E-state index in [-0.39, 0.29) is 29.5 Å². The van der Waals surface area contributed by atoms with Gasteiger partial charge in [-0.3, -0.25) is 4.79 Å². The molecule has 1 aliphatic rings. The zero-order chi connectivity index (χ0) is 14.8. The lowest BCUT2D eigenvalue weighted by Crippen LogP contribution is -2.39. The van der Waals surface area contributed by atoms with Crippen molar-refractivity contribution >= 4 is 0 Å². The van der Waals surface area contributed by atoms with Crippen LogP contribution < -0.4 is 10.9 Å². The minimum atomic E-state index is -0.521. The predicted octanol–water partition coefficient (Wildman–Crippen LogP) is 2.32. The molecule has 21 heavy (non-hydrogen) atoms. The second-order valence-corrected chi connectivity index (χ2v) is 5.39. The van der Waals surface area contributed by atoms with Gasteiger partial charge in [0.15, 0.2) is 0 Å². The van der Waals surface area contributed by atoms with Crippen LogP contribution >= 0.6 is 0 Å². The summed E-state index contributed by atoms with van der Waals surface area (Å²) in [5, 5.41) is 5.54. The normalized spacial score (nSPS) is 22.4. The molecule has 0 saturated carbocycles. The number of H-pyrrole nitrogens is 1. The van der Waals surface area contributed by atoms with E-state index in [1.807, 2.05) is 0 Å². The smallest absolute Gasteiger partial charge is 0.280 e. The van der Waals surface area contributed by atoms with Gasteiger partial charge >= 0.3 is 0 Å². The number of benzene rings is 1. The lowest BCUT2D eigenvalue weighted by atomic mass is 9.87. The van der Waals surface area contributed by atoms with E-state index in [2.05, 4.69) is 10.5 Å². The van der Waals surface area contributed by atoms with Gasteiger partial charge in [0, 0.05) is 23.6 Å². The highest BCUT2D eigenvalue weighted by Gasteiger charge is 2.27. The van der Waals surface area contributed by atoms with Gasteiger partial charge in [-0.1, -0.05) is 6.07 Å². The maximum atomic E-state index is 13.7. The van der Waals surface area contributed by atoms with E-state index in [9.17, 15) is 13.6 Å². The molecular formula is C15H16F2N2O2. The molecule has 2 N–H and O–H groups in total. The molecule has 0 spiro atoms. The maximum Gasteiger partial charge on any atom is 0.280 e. The highest BCUT2D eigenvalue weighted by molar-refractivity contribution is 5.21. The van der Waals surface area contributed by atoms with Crippen LogP contribution in [0, 0.1) is 11.6 Å². The first-order chi connectivity index (χ1) is 10.1. The summed E-state index contributed by atoms with van der Waals surface area (Å²) < 4.78 is 32.5. The van der Waals surface area contributed by atoms with E-state index in [1.165, 1.54) is 24.3 Å². The summed E-state index contributed by atoms with van der Waals surface area (Å²) in [6, 6.07) is 5.29. The van der Waals surface area contributed by atoms with Crippen LogP contribution in [0.1, 0.15) is 30.1 Å². The second kappa shape index (κ2) is 5.81. The quantitative estimate of drug-likeness (QED) is 0.913. The second-order valence-electron chi connectivity index (χ2n) is 5.39. The molecule has 1 fully saturated rings. The lowest BCUT2D eigenvalue weighted by Gasteiger charge is -2.29. The average molecular weight is 294 g/mol. The highest BCUT2D eigenvalue weighted by Crippen LogP contribution is 2.28. The van der Waals surface area contributed by atoms with Gasteiger partial charge in [0.05, 0.1) is 0 Å². The van der Waals surface area contributed by atoms with Crippen LogP contribution in [0.3, 0.4) is 0 Å². The Morgan fingerprint density at radius 1 is 1.29 bits per heavy atom. The zero-order valence-electron chi connectivity index (χ0n) is 11.4. The van der Waals surface area contributed by atoms with Crippen LogP contribution in [-0.4, -0.2) is 17.7 Å². The molecule has 3 rings (SSSR count). The van der Waals surface area contributed by atoms with Crippen molar-refractivity contribution in [1.29, 1.82) is 0 Å². The molecular weight excluding hydrogens is 278 g/mol. The van der Waals surface area contributed by atoms with Gasteiger partial charge in [-0.15, -0.1) is 0 Å². The Bertz CT molecular complexity index is 660. The molecule has 0 amide bonds. The van der Waals surface area contributed by atoms with Crippen molar-refractivity contribution in [2.75, 3.05) is 6.54 Å². The Hall–Kier alpha value is -1.95. The van der Waals surface area contributed by atoms with Crippen molar-refractivity contribution in [3.63, 3.8) is 0 Å². The van der Waals surface area contributed by atoms with Gasteiger partial charge in [0.25, 0.3) is 5.56 Å². The Labute approximate surface area is 120 Å². The van der Waals surface area contributed by atoms with Crippen LogP contribution in [0.4, 0.5) is 8.78 Å². The number of aromatic nitrogens is 1. The van der Waals surface area contributed by atoms with E-state index in [0.717, 1.165) is 13.0 Å². The number of nitrogens with one attached hydrogen (secondary N) is 2. The Balaban J connectivity index is 1.73. The molecule has 112 valence electrons. The number of hydrogen-bond acceptors (Lipinski definition) is 3. The molecule has 1 aliphatic heterocycles. The first kappa shape index (κ1) is 14.0. The van der Waals surface area contributed by atoms with Gasteiger partial charge in [0.2, 0.25) is 0 Å². The number of halogens is 2. The molecule has 1 saturated heterocycles. The van der Waals surface area contributed by atoms with Crippen LogP contribution in [0.2, 0.25) is 0 Å². The SMILES string of the molecule is O=c1cc([C@@H]2CCN[C@H](Cc3c(F)cccc3F)C2)o[nH]1. The van der Waals surface area contributed by atoms with Gasteiger partial charge in [-0.25, -0.2) is 8.78 Å². The van der Waals surface area contributed by atoms with E-state index < -0.39 is 11.6 Å². The number of piperidine rings is 1. The summed E-state index contributed by atoms with van der Waals surface area (Å²) in [6.07, 6.45) is 1.79. The summed E-state index contributed by atoms with van der Waals surface area (Å²) in [7, 11) is 0. The molecule has 2 aromatic rings. The van der Waals surface area contributed by atoms with E-state index in [0.29, 0.717) is 12.2 Å². The minimum absolute atomic E-state index is 0.0460. The summed E-state index contributed by atoms with van der Waals surface area (Å²) >= 11 is 0. The Morgan fingerprint density at radius 2 is 2.05 bits per heavy atom. The fourth-order valence-corrected chi connectivity index (χ4v) is 2.89. The molecule has 1 aromatic carbocycles. The summed E-state index contributed by atoms with van der Waals surface area (Å²) in [6.45, 7) is 0.723. The molecule has 6 heteroatoms. The van der Waals surface area contributed by atoms with E-state index in [1.54, 1.807) is 0 Å². The van der Waals surface area contributed by atoms with Crippen molar-refractivity contribution in [3.05, 3.63) is 57.6 Å². The van der Waals surface area contributed by atoms with Crippen molar-refractivity contribution in [2.24, 2.45) is 0 Å². The molecule has 0 unspecified atom stereocenters. The molecule has 4 nitrogen and oxygen atoms in total. The Morgan fingerprint density at radius 3 is 2.71 bits per heavy atom. The number of aromatic amines is 1. The van der Waals surface area contributed by atoms with E-state index >= 15 is 0 Å². The fraction of sp³-hybridized carbons (Fsp3) is 0.400. The Kier molecular flexibility index (Phi) is 3.88. The van der Waals surface area contributed by atoms with E-state index in [4.69, 9.17) is 4.52 Å². The van der Waals surface area contributed by atoms with Crippen LogP contribution in [0.15, 0.2) is 33.6 Å². The lowest BCUT2D eigenvalue weighted by molar-refractivity contribution is 0.290. The topological polar surface area (TPSA) is 58.0 Å². The van der Waals surface area contributed by atoms with Gasteiger partial charge in [0.1, 0.15) is 17.4 Å². The van der Waals surface area contributed by atoms with Crippen molar-refractivity contribution < 1.29 is 13.3 Å². The van der Waals surface area contributed by atoms with Gasteiger partial charge in [-0.2, -0.15) is 5.16 Å². The third kappa shape index (κ3) is 3.05. The third-order valence-corrected chi connectivity index (χ3v) is 3.95. The zero-order valence-corrected chi connectivity index (χ0v) is 11.4. The predicted molar refractivity (Wildman–Crippen MR) is 73.2 cm³/mol. The number of hydrogen-bond donors (Lipinski definition) is 2.